The lowest BCUT2D eigenvalue weighted by molar-refractivity contribution is -0.122. The van der Waals surface area contributed by atoms with Crippen molar-refractivity contribution in [2.24, 2.45) is 5.92 Å². The molecule has 4 heteroatoms. The van der Waals surface area contributed by atoms with Crippen LogP contribution in [0, 0.1) is 11.7 Å². The summed E-state index contributed by atoms with van der Waals surface area (Å²) < 4.78 is 12.9. The Kier molecular flexibility index (Phi) is 3.79. The molecule has 2 unspecified atom stereocenters. The molecule has 0 spiro atoms. The van der Waals surface area contributed by atoms with E-state index < -0.39 is 0 Å². The standard InChI is InChI=1S/C13H15ClFNO/c1-8-11(4-5-16-8)13(17)6-9-2-3-10(15)7-12(9)14/h2-3,7-8,11,16H,4-6H2,1H3. The first-order valence-electron chi connectivity index (χ1n) is 5.78. The highest BCUT2D eigenvalue weighted by atomic mass is 35.5. The fourth-order valence-electron chi connectivity index (χ4n) is 2.28. The van der Waals surface area contributed by atoms with Crippen LogP contribution >= 0.6 is 11.6 Å². The van der Waals surface area contributed by atoms with Gasteiger partial charge in [0.15, 0.2) is 0 Å². The molecule has 1 heterocycles. The van der Waals surface area contributed by atoms with Crippen molar-refractivity contribution in [3.63, 3.8) is 0 Å². The molecule has 1 N–H and O–H groups in total. The number of hydrogen-bond donors (Lipinski definition) is 1. The van der Waals surface area contributed by atoms with Crippen molar-refractivity contribution in [3.05, 3.63) is 34.6 Å². The van der Waals surface area contributed by atoms with Crippen LogP contribution in [0.4, 0.5) is 4.39 Å². The van der Waals surface area contributed by atoms with Gasteiger partial charge < -0.3 is 5.32 Å². The Morgan fingerprint density at radius 2 is 2.35 bits per heavy atom. The molecular formula is C13H15ClFNO. The van der Waals surface area contributed by atoms with Gasteiger partial charge >= 0.3 is 0 Å². The molecule has 1 aliphatic heterocycles. The molecule has 1 saturated heterocycles. The summed E-state index contributed by atoms with van der Waals surface area (Å²) in [6, 6.07) is 4.40. The van der Waals surface area contributed by atoms with Gasteiger partial charge in [0, 0.05) is 23.4 Å². The van der Waals surface area contributed by atoms with Gasteiger partial charge in [-0.25, -0.2) is 4.39 Å². The van der Waals surface area contributed by atoms with Crippen molar-refractivity contribution in [1.82, 2.24) is 5.32 Å². The van der Waals surface area contributed by atoms with E-state index in [9.17, 15) is 9.18 Å². The van der Waals surface area contributed by atoms with Crippen LogP contribution in [0.5, 0.6) is 0 Å². The first-order valence-corrected chi connectivity index (χ1v) is 6.16. The van der Waals surface area contributed by atoms with E-state index in [4.69, 9.17) is 11.6 Å². The Balaban J connectivity index is 2.07. The molecule has 0 aliphatic carbocycles. The quantitative estimate of drug-likeness (QED) is 0.900. The van der Waals surface area contributed by atoms with Gasteiger partial charge in [0.25, 0.3) is 0 Å². The lowest BCUT2D eigenvalue weighted by Crippen LogP contribution is -2.29. The van der Waals surface area contributed by atoms with Crippen molar-refractivity contribution < 1.29 is 9.18 Å². The zero-order valence-corrected chi connectivity index (χ0v) is 10.4. The maximum Gasteiger partial charge on any atom is 0.141 e. The number of benzene rings is 1. The molecule has 17 heavy (non-hydrogen) atoms. The highest BCUT2D eigenvalue weighted by molar-refractivity contribution is 6.31. The molecule has 0 saturated carbocycles. The second-order valence-corrected chi connectivity index (χ2v) is 4.92. The Labute approximate surface area is 105 Å². The lowest BCUT2D eigenvalue weighted by Gasteiger charge is -2.14. The first kappa shape index (κ1) is 12.5. The minimum absolute atomic E-state index is 0.0520. The predicted molar refractivity (Wildman–Crippen MR) is 65.7 cm³/mol. The third kappa shape index (κ3) is 2.85. The van der Waals surface area contributed by atoms with Gasteiger partial charge in [-0.05, 0) is 37.6 Å². The zero-order valence-electron chi connectivity index (χ0n) is 9.67. The summed E-state index contributed by atoms with van der Waals surface area (Å²) in [5, 5.41) is 3.58. The van der Waals surface area contributed by atoms with Gasteiger partial charge in [-0.1, -0.05) is 17.7 Å². The fourth-order valence-corrected chi connectivity index (χ4v) is 2.52. The second-order valence-electron chi connectivity index (χ2n) is 4.52. The molecule has 2 rings (SSSR count). The summed E-state index contributed by atoms with van der Waals surface area (Å²) in [4.78, 5) is 12.1. The molecule has 2 atom stereocenters. The van der Waals surface area contributed by atoms with Crippen LogP contribution in [0.15, 0.2) is 18.2 Å². The number of Topliss-reactive ketones (excluding diaryl/α,β-unsaturated/α-hetero) is 1. The van der Waals surface area contributed by atoms with E-state index in [1.807, 2.05) is 6.92 Å². The fraction of sp³-hybridized carbons (Fsp3) is 0.462. The number of nitrogens with one attached hydrogen (secondary N) is 1. The van der Waals surface area contributed by atoms with E-state index in [0.717, 1.165) is 13.0 Å². The molecular weight excluding hydrogens is 241 g/mol. The Bertz CT molecular complexity index is 435. The molecule has 1 fully saturated rings. The summed E-state index contributed by atoms with van der Waals surface area (Å²) in [6.45, 7) is 2.90. The van der Waals surface area contributed by atoms with Crippen molar-refractivity contribution in [2.45, 2.75) is 25.8 Å². The van der Waals surface area contributed by atoms with Crippen LogP contribution < -0.4 is 5.32 Å². The van der Waals surface area contributed by atoms with Crippen LogP contribution in [0.1, 0.15) is 18.9 Å². The number of ketones is 1. The normalized spacial score (nSPS) is 23.9. The summed E-state index contributed by atoms with van der Waals surface area (Å²) in [5.74, 6) is -0.144. The number of carbonyl (C=O) groups is 1. The van der Waals surface area contributed by atoms with Gasteiger partial charge in [-0.3, -0.25) is 4.79 Å². The van der Waals surface area contributed by atoms with E-state index in [1.54, 1.807) is 6.07 Å². The van der Waals surface area contributed by atoms with Crippen LogP contribution in [-0.4, -0.2) is 18.4 Å². The zero-order chi connectivity index (χ0) is 12.4. The van der Waals surface area contributed by atoms with Crippen LogP contribution in [-0.2, 0) is 11.2 Å². The highest BCUT2D eigenvalue weighted by Gasteiger charge is 2.29. The molecule has 0 radical (unpaired) electrons. The topological polar surface area (TPSA) is 29.1 Å². The van der Waals surface area contributed by atoms with Crippen molar-refractivity contribution >= 4 is 17.4 Å². The minimum Gasteiger partial charge on any atom is -0.314 e. The van der Waals surface area contributed by atoms with Gasteiger partial charge in [0.2, 0.25) is 0 Å². The van der Waals surface area contributed by atoms with Crippen LogP contribution in [0.2, 0.25) is 5.02 Å². The summed E-state index contributed by atoms with van der Waals surface area (Å²) in [5.41, 5.74) is 0.706. The smallest absolute Gasteiger partial charge is 0.141 e. The third-order valence-corrected chi connectivity index (χ3v) is 3.67. The van der Waals surface area contributed by atoms with Gasteiger partial charge in [0.1, 0.15) is 11.6 Å². The number of rotatable bonds is 3. The maximum atomic E-state index is 12.9. The SMILES string of the molecule is CC1NCCC1C(=O)Cc1ccc(F)cc1Cl. The van der Waals surface area contributed by atoms with E-state index in [2.05, 4.69) is 5.32 Å². The highest BCUT2D eigenvalue weighted by Crippen LogP contribution is 2.22. The molecule has 92 valence electrons. The van der Waals surface area contributed by atoms with Gasteiger partial charge in [-0.2, -0.15) is 0 Å². The third-order valence-electron chi connectivity index (χ3n) is 3.32. The van der Waals surface area contributed by atoms with Crippen molar-refractivity contribution in [2.75, 3.05) is 6.54 Å². The monoisotopic (exact) mass is 255 g/mol. The molecule has 2 nitrogen and oxygen atoms in total. The minimum atomic E-state index is -0.373. The average Bonchev–Trinajstić information content (AvgIpc) is 2.68. The number of carbonyl (C=O) groups excluding carboxylic acids is 1. The Morgan fingerprint density at radius 3 is 2.94 bits per heavy atom. The van der Waals surface area contributed by atoms with E-state index in [-0.39, 0.29) is 30.0 Å². The molecule has 0 amide bonds. The summed E-state index contributed by atoms with van der Waals surface area (Å²) >= 11 is 5.91. The van der Waals surface area contributed by atoms with Gasteiger partial charge in [-0.15, -0.1) is 0 Å². The number of halogens is 2. The molecule has 1 aromatic carbocycles. The number of hydrogen-bond acceptors (Lipinski definition) is 2. The predicted octanol–water partition coefficient (Wildman–Crippen LogP) is 2.59. The Hall–Kier alpha value is -0.930. The lowest BCUT2D eigenvalue weighted by atomic mass is 9.92. The maximum absolute atomic E-state index is 12.9. The average molecular weight is 256 g/mol. The molecule has 0 bridgehead atoms. The van der Waals surface area contributed by atoms with Crippen LogP contribution in [0.3, 0.4) is 0 Å². The van der Waals surface area contributed by atoms with Crippen molar-refractivity contribution in [3.8, 4) is 0 Å². The molecule has 1 aromatic rings. The summed E-state index contributed by atoms with van der Waals surface area (Å²) in [6.07, 6.45) is 1.16. The first-order chi connectivity index (χ1) is 8.08. The van der Waals surface area contributed by atoms with E-state index in [1.165, 1.54) is 12.1 Å². The van der Waals surface area contributed by atoms with Crippen molar-refractivity contribution in [1.29, 1.82) is 0 Å². The molecule has 1 aliphatic rings. The van der Waals surface area contributed by atoms with E-state index in [0.29, 0.717) is 10.6 Å². The summed E-state index contributed by atoms with van der Waals surface area (Å²) in [7, 11) is 0. The Morgan fingerprint density at radius 1 is 1.59 bits per heavy atom. The van der Waals surface area contributed by atoms with Gasteiger partial charge in [0.05, 0.1) is 0 Å². The van der Waals surface area contributed by atoms with Crippen LogP contribution in [0.25, 0.3) is 0 Å². The van der Waals surface area contributed by atoms with E-state index >= 15 is 0 Å². The second kappa shape index (κ2) is 5.15. The molecule has 0 aromatic heterocycles. The largest absolute Gasteiger partial charge is 0.314 e.